The van der Waals surface area contributed by atoms with E-state index in [0.717, 1.165) is 26.1 Å². The Balaban J connectivity index is 1.42. The van der Waals surface area contributed by atoms with Crippen LogP contribution in [0.2, 0.25) is 0 Å². The van der Waals surface area contributed by atoms with Crippen molar-refractivity contribution in [1.82, 2.24) is 10.2 Å². The topological polar surface area (TPSA) is 35.6 Å². The fourth-order valence-electron chi connectivity index (χ4n) is 3.55. The first-order chi connectivity index (χ1) is 12.6. The van der Waals surface area contributed by atoms with Gasteiger partial charge in [0.25, 0.3) is 0 Å². The van der Waals surface area contributed by atoms with E-state index in [4.69, 9.17) is 0 Å². The minimum absolute atomic E-state index is 0.122. The van der Waals surface area contributed by atoms with Crippen molar-refractivity contribution in [1.29, 1.82) is 0 Å². The van der Waals surface area contributed by atoms with Gasteiger partial charge >= 0.3 is 0 Å². The van der Waals surface area contributed by atoms with Crippen molar-refractivity contribution < 1.29 is 4.79 Å². The van der Waals surface area contributed by atoms with Crippen molar-refractivity contribution in [3.05, 3.63) is 65.7 Å². The third-order valence-electron chi connectivity index (χ3n) is 5.02. The first kappa shape index (κ1) is 18.5. The summed E-state index contributed by atoms with van der Waals surface area (Å²) < 4.78 is 0. The lowest BCUT2D eigenvalue weighted by atomic mass is 10.1. The summed E-state index contributed by atoms with van der Waals surface area (Å²) in [6.45, 7) is 8.33. The Bertz CT molecular complexity index is 699. The summed E-state index contributed by atoms with van der Waals surface area (Å²) >= 11 is 0. The Hall–Kier alpha value is -2.33. The van der Waals surface area contributed by atoms with Crippen LogP contribution in [-0.2, 0) is 11.2 Å². The molecular formula is C22H29N3O. The number of hydrogen-bond acceptors (Lipinski definition) is 3. The number of aryl methyl sites for hydroxylation is 1. The van der Waals surface area contributed by atoms with Crippen molar-refractivity contribution in [2.24, 2.45) is 0 Å². The molecule has 138 valence electrons. The zero-order valence-electron chi connectivity index (χ0n) is 15.8. The molecule has 1 saturated heterocycles. The molecule has 0 radical (unpaired) electrons. The monoisotopic (exact) mass is 351 g/mol. The molecule has 1 amide bonds. The molecule has 0 spiro atoms. The first-order valence-electron chi connectivity index (χ1n) is 9.48. The number of hydrogen-bond donors (Lipinski definition) is 1. The molecule has 1 aliphatic rings. The molecule has 3 rings (SSSR count). The number of carbonyl (C=O) groups excluding carboxylic acids is 1. The number of piperazine rings is 1. The highest BCUT2D eigenvalue weighted by Crippen LogP contribution is 2.20. The maximum absolute atomic E-state index is 12.2. The summed E-state index contributed by atoms with van der Waals surface area (Å²) in [5, 5.41) is 3.05. The van der Waals surface area contributed by atoms with Gasteiger partial charge in [0.15, 0.2) is 0 Å². The molecular weight excluding hydrogens is 322 g/mol. The van der Waals surface area contributed by atoms with Crippen LogP contribution in [0.15, 0.2) is 54.6 Å². The second kappa shape index (κ2) is 8.86. The van der Waals surface area contributed by atoms with E-state index in [1.165, 1.54) is 16.8 Å². The van der Waals surface area contributed by atoms with Gasteiger partial charge in [-0.3, -0.25) is 9.69 Å². The molecule has 1 fully saturated rings. The summed E-state index contributed by atoms with van der Waals surface area (Å²) in [5.74, 6) is 0.122. The molecule has 1 atom stereocenters. The highest BCUT2D eigenvalue weighted by molar-refractivity contribution is 5.78. The van der Waals surface area contributed by atoms with Crippen LogP contribution in [0.1, 0.15) is 18.1 Å². The molecule has 26 heavy (non-hydrogen) atoms. The fraction of sp³-hybridized carbons (Fsp3) is 0.409. The van der Waals surface area contributed by atoms with Gasteiger partial charge in [0, 0.05) is 37.9 Å². The van der Waals surface area contributed by atoms with Gasteiger partial charge in [-0.25, -0.2) is 0 Å². The van der Waals surface area contributed by atoms with Crippen molar-refractivity contribution in [3.63, 3.8) is 0 Å². The van der Waals surface area contributed by atoms with E-state index in [1.807, 2.05) is 18.2 Å². The van der Waals surface area contributed by atoms with Crippen LogP contribution < -0.4 is 10.2 Å². The molecule has 0 aromatic heterocycles. The molecule has 1 N–H and O–H groups in total. The third kappa shape index (κ3) is 5.09. The third-order valence-corrected chi connectivity index (χ3v) is 5.02. The van der Waals surface area contributed by atoms with Crippen molar-refractivity contribution in [3.8, 4) is 0 Å². The Kier molecular flexibility index (Phi) is 6.29. The second-order valence-corrected chi connectivity index (χ2v) is 7.20. The number of amides is 1. The second-order valence-electron chi connectivity index (χ2n) is 7.20. The minimum atomic E-state index is 0.122. The van der Waals surface area contributed by atoms with Gasteiger partial charge in [0.1, 0.15) is 0 Å². The van der Waals surface area contributed by atoms with E-state index < -0.39 is 0 Å². The van der Waals surface area contributed by atoms with Gasteiger partial charge in [-0.2, -0.15) is 0 Å². The number of rotatable bonds is 6. The van der Waals surface area contributed by atoms with Gasteiger partial charge in [0.05, 0.1) is 6.54 Å². The van der Waals surface area contributed by atoms with E-state index in [-0.39, 0.29) is 5.91 Å². The number of carbonyl (C=O) groups is 1. The Morgan fingerprint density at radius 1 is 1.08 bits per heavy atom. The summed E-state index contributed by atoms with van der Waals surface area (Å²) in [5.41, 5.74) is 3.82. The minimum Gasteiger partial charge on any atom is -0.366 e. The van der Waals surface area contributed by atoms with Gasteiger partial charge in [-0.15, -0.1) is 0 Å². The maximum Gasteiger partial charge on any atom is 0.234 e. The summed E-state index contributed by atoms with van der Waals surface area (Å²) in [4.78, 5) is 16.9. The average molecular weight is 351 g/mol. The van der Waals surface area contributed by atoms with Gasteiger partial charge in [-0.1, -0.05) is 48.0 Å². The van der Waals surface area contributed by atoms with Crippen molar-refractivity contribution in [2.45, 2.75) is 26.3 Å². The Morgan fingerprint density at radius 3 is 2.50 bits per heavy atom. The average Bonchev–Trinajstić information content (AvgIpc) is 2.64. The number of nitrogens with zero attached hydrogens (tertiary/aromatic N) is 2. The smallest absolute Gasteiger partial charge is 0.234 e. The Morgan fingerprint density at radius 2 is 1.81 bits per heavy atom. The lowest BCUT2D eigenvalue weighted by Gasteiger charge is -2.41. The molecule has 2 aromatic rings. The van der Waals surface area contributed by atoms with E-state index >= 15 is 0 Å². The predicted molar refractivity (Wildman–Crippen MR) is 108 cm³/mol. The van der Waals surface area contributed by atoms with Crippen LogP contribution in [0.4, 0.5) is 5.69 Å². The first-order valence-corrected chi connectivity index (χ1v) is 9.48. The van der Waals surface area contributed by atoms with Gasteiger partial charge < -0.3 is 10.2 Å². The maximum atomic E-state index is 12.2. The van der Waals surface area contributed by atoms with Crippen LogP contribution in [0.25, 0.3) is 0 Å². The van der Waals surface area contributed by atoms with E-state index in [9.17, 15) is 4.79 Å². The lowest BCUT2D eigenvalue weighted by molar-refractivity contribution is -0.122. The molecule has 1 aliphatic heterocycles. The SMILES string of the molecule is Cc1ccc(N2CCN(CC(=O)NCCc3ccccc3)C[C@@H]2C)cc1. The van der Waals surface area contributed by atoms with Gasteiger partial charge in [0.2, 0.25) is 5.91 Å². The van der Waals surface area contributed by atoms with Crippen LogP contribution in [0.3, 0.4) is 0 Å². The molecule has 0 saturated carbocycles. The normalized spacial score (nSPS) is 17.9. The molecule has 4 heteroatoms. The molecule has 0 aliphatic carbocycles. The molecule has 1 heterocycles. The number of benzene rings is 2. The van der Waals surface area contributed by atoms with Crippen molar-refractivity contribution in [2.75, 3.05) is 37.6 Å². The molecule has 2 aromatic carbocycles. The highest BCUT2D eigenvalue weighted by Gasteiger charge is 2.24. The van der Waals surface area contributed by atoms with Crippen LogP contribution in [-0.4, -0.2) is 49.6 Å². The van der Waals surface area contributed by atoms with E-state index in [0.29, 0.717) is 19.1 Å². The lowest BCUT2D eigenvalue weighted by Crippen LogP contribution is -2.54. The van der Waals surface area contributed by atoms with Crippen LogP contribution in [0.5, 0.6) is 0 Å². The Labute approximate surface area is 156 Å². The number of anilines is 1. The molecule has 4 nitrogen and oxygen atoms in total. The predicted octanol–water partition coefficient (Wildman–Crippen LogP) is 2.86. The van der Waals surface area contributed by atoms with Crippen molar-refractivity contribution >= 4 is 11.6 Å². The highest BCUT2D eigenvalue weighted by atomic mass is 16.2. The van der Waals surface area contributed by atoms with Gasteiger partial charge in [-0.05, 0) is 38.0 Å². The number of nitrogens with one attached hydrogen (secondary N) is 1. The zero-order chi connectivity index (χ0) is 18.4. The summed E-state index contributed by atoms with van der Waals surface area (Å²) in [6, 6.07) is 19.4. The standard InChI is InChI=1S/C22H29N3O/c1-18-8-10-21(11-9-18)25-15-14-24(16-19(25)2)17-22(26)23-13-12-20-6-4-3-5-7-20/h3-11,19H,12-17H2,1-2H3,(H,23,26)/t19-/m0/s1. The summed E-state index contributed by atoms with van der Waals surface area (Å²) in [6.07, 6.45) is 0.879. The quantitative estimate of drug-likeness (QED) is 0.869. The molecule has 0 unspecified atom stereocenters. The molecule has 0 bridgehead atoms. The van der Waals surface area contributed by atoms with E-state index in [2.05, 4.69) is 65.4 Å². The van der Waals surface area contributed by atoms with Crippen LogP contribution >= 0.6 is 0 Å². The van der Waals surface area contributed by atoms with Crippen LogP contribution in [0, 0.1) is 6.92 Å². The van der Waals surface area contributed by atoms with E-state index in [1.54, 1.807) is 0 Å². The zero-order valence-corrected chi connectivity index (χ0v) is 15.8. The largest absolute Gasteiger partial charge is 0.366 e. The fourth-order valence-corrected chi connectivity index (χ4v) is 3.55. The summed E-state index contributed by atoms with van der Waals surface area (Å²) in [7, 11) is 0.